The lowest BCUT2D eigenvalue weighted by Crippen LogP contribution is -2.49. The van der Waals surface area contributed by atoms with Crippen LogP contribution < -0.4 is 10.2 Å². The minimum absolute atomic E-state index is 0.0689. The number of piperidine rings is 1. The molecule has 1 unspecified atom stereocenters. The molecule has 4 aromatic rings. The summed E-state index contributed by atoms with van der Waals surface area (Å²) in [6.07, 6.45) is 2.61. The van der Waals surface area contributed by atoms with Gasteiger partial charge in [-0.3, -0.25) is 9.59 Å². The first-order valence-electron chi connectivity index (χ1n) is 13.7. The molecule has 1 fully saturated rings. The standard InChI is InChI=1S/C31H31N3O5S2/c1-39-20-8-18-33-25-15-14-24(22-11-7-12-23(29(22)25)31(33)36)32-30(35)26-13-5-6-19-34(26)41(37,38)28-17-16-27(40-28)21-9-3-2-4-10-21/h2-4,7,9-12,14-17,26H,5-6,8,13,18-20H2,1H3,(H,32,35). The molecule has 212 valence electrons. The van der Waals surface area contributed by atoms with Gasteiger partial charge in [-0.1, -0.05) is 48.9 Å². The van der Waals surface area contributed by atoms with Crippen LogP contribution in [-0.4, -0.2) is 57.4 Å². The van der Waals surface area contributed by atoms with Gasteiger partial charge in [0, 0.05) is 53.7 Å². The van der Waals surface area contributed by atoms with Gasteiger partial charge in [-0.15, -0.1) is 11.3 Å². The summed E-state index contributed by atoms with van der Waals surface area (Å²) in [7, 11) is -2.24. The van der Waals surface area contributed by atoms with Gasteiger partial charge in [0.05, 0.1) is 5.69 Å². The smallest absolute Gasteiger partial charge is 0.258 e. The molecule has 1 atom stereocenters. The SMILES string of the molecule is COCCCN1C(=O)c2cccc3c(NC(=O)C4CCCCN4S(=O)(=O)c4ccc(-c5ccccc5)s4)ccc1c23. The zero-order valence-corrected chi connectivity index (χ0v) is 24.3. The highest BCUT2D eigenvalue weighted by molar-refractivity contribution is 7.91. The Balaban J connectivity index is 1.27. The van der Waals surface area contributed by atoms with E-state index in [-0.39, 0.29) is 22.6 Å². The second-order valence-corrected chi connectivity index (χ2v) is 13.5. The maximum Gasteiger partial charge on any atom is 0.258 e. The molecule has 2 amide bonds. The molecule has 0 saturated carbocycles. The first-order valence-corrected chi connectivity index (χ1v) is 16.0. The molecule has 1 N–H and O–H groups in total. The van der Waals surface area contributed by atoms with Gasteiger partial charge in [0.15, 0.2) is 0 Å². The molecule has 2 aliphatic rings. The van der Waals surface area contributed by atoms with Crippen LogP contribution in [0.4, 0.5) is 11.4 Å². The van der Waals surface area contributed by atoms with Crippen molar-refractivity contribution in [2.75, 3.05) is 37.0 Å². The Labute approximate surface area is 243 Å². The van der Waals surface area contributed by atoms with Crippen LogP contribution >= 0.6 is 11.3 Å². The van der Waals surface area contributed by atoms with Crippen LogP contribution in [0.3, 0.4) is 0 Å². The number of nitrogens with one attached hydrogen (secondary N) is 1. The second-order valence-electron chi connectivity index (χ2n) is 10.3. The Bertz CT molecular complexity index is 1720. The normalized spacial score (nSPS) is 17.3. The van der Waals surface area contributed by atoms with Gasteiger partial charge >= 0.3 is 0 Å². The third-order valence-electron chi connectivity index (χ3n) is 7.73. The van der Waals surface area contributed by atoms with Crippen LogP contribution in [0.1, 0.15) is 36.0 Å². The van der Waals surface area contributed by atoms with Gasteiger partial charge in [0.1, 0.15) is 10.3 Å². The highest BCUT2D eigenvalue weighted by Crippen LogP contribution is 2.41. The number of benzene rings is 3. The molecule has 1 aromatic heterocycles. The maximum absolute atomic E-state index is 13.8. The monoisotopic (exact) mass is 589 g/mol. The summed E-state index contributed by atoms with van der Waals surface area (Å²) in [5, 5.41) is 4.57. The fourth-order valence-corrected chi connectivity index (χ4v) is 8.84. The van der Waals surface area contributed by atoms with Crippen molar-refractivity contribution in [2.24, 2.45) is 0 Å². The van der Waals surface area contributed by atoms with Crippen molar-refractivity contribution in [3.63, 3.8) is 0 Å². The van der Waals surface area contributed by atoms with Gasteiger partial charge in [0.2, 0.25) is 5.91 Å². The molecular formula is C31H31N3O5S2. The molecule has 0 spiro atoms. The predicted octanol–water partition coefficient (Wildman–Crippen LogP) is 5.75. The van der Waals surface area contributed by atoms with Gasteiger partial charge in [0.25, 0.3) is 15.9 Å². The number of hydrogen-bond acceptors (Lipinski definition) is 6. The van der Waals surface area contributed by atoms with Crippen molar-refractivity contribution in [3.8, 4) is 10.4 Å². The Morgan fingerprint density at radius 2 is 1.85 bits per heavy atom. The summed E-state index contributed by atoms with van der Waals surface area (Å²) in [5.74, 6) is -0.435. The van der Waals surface area contributed by atoms with Crippen LogP contribution in [0, 0.1) is 0 Å². The van der Waals surface area contributed by atoms with Crippen LogP contribution in [0.25, 0.3) is 21.2 Å². The molecule has 1 saturated heterocycles. The largest absolute Gasteiger partial charge is 0.385 e. The van der Waals surface area contributed by atoms with Gasteiger partial charge in [-0.25, -0.2) is 8.42 Å². The molecule has 2 aliphatic heterocycles. The number of hydrogen-bond donors (Lipinski definition) is 1. The van der Waals surface area contributed by atoms with Crippen molar-refractivity contribution < 1.29 is 22.7 Å². The molecule has 0 radical (unpaired) electrons. The quantitative estimate of drug-likeness (QED) is 0.251. The van der Waals surface area contributed by atoms with Crippen molar-refractivity contribution in [2.45, 2.75) is 35.9 Å². The summed E-state index contributed by atoms with van der Waals surface area (Å²) in [5.41, 5.74) is 2.92. The zero-order chi connectivity index (χ0) is 28.6. The number of carbonyl (C=O) groups excluding carboxylic acids is 2. The van der Waals surface area contributed by atoms with Crippen LogP contribution in [-0.2, 0) is 19.6 Å². The number of amides is 2. The molecule has 3 heterocycles. The van der Waals surface area contributed by atoms with Crippen LogP contribution in [0.2, 0.25) is 0 Å². The topological polar surface area (TPSA) is 96.0 Å². The van der Waals surface area contributed by atoms with E-state index >= 15 is 0 Å². The van der Waals surface area contributed by atoms with E-state index < -0.39 is 16.1 Å². The third kappa shape index (κ3) is 5.05. The number of sulfonamides is 1. The lowest BCUT2D eigenvalue weighted by atomic mass is 10.0. The Hall–Kier alpha value is -3.57. The molecule has 8 nitrogen and oxygen atoms in total. The summed E-state index contributed by atoms with van der Waals surface area (Å²) >= 11 is 1.22. The average molecular weight is 590 g/mol. The third-order valence-corrected chi connectivity index (χ3v) is 11.2. The first-order chi connectivity index (χ1) is 19.9. The van der Waals surface area contributed by atoms with E-state index in [1.807, 2.05) is 54.6 Å². The minimum Gasteiger partial charge on any atom is -0.385 e. The molecular weight excluding hydrogens is 558 g/mol. The summed E-state index contributed by atoms with van der Waals surface area (Å²) in [6, 6.07) is 21.4. The van der Waals surface area contributed by atoms with E-state index in [0.29, 0.717) is 43.7 Å². The number of nitrogens with zero attached hydrogens (tertiary/aromatic N) is 2. The van der Waals surface area contributed by atoms with Crippen molar-refractivity contribution in [1.82, 2.24) is 4.31 Å². The lowest BCUT2D eigenvalue weighted by molar-refractivity contribution is -0.120. The van der Waals surface area contributed by atoms with E-state index in [2.05, 4.69) is 5.32 Å². The first kappa shape index (κ1) is 27.6. The number of ether oxygens (including phenoxy) is 1. The van der Waals surface area contributed by atoms with E-state index in [0.717, 1.165) is 33.3 Å². The number of rotatable bonds is 9. The highest BCUT2D eigenvalue weighted by Gasteiger charge is 2.39. The van der Waals surface area contributed by atoms with Crippen LogP contribution in [0.5, 0.6) is 0 Å². The van der Waals surface area contributed by atoms with E-state index in [1.54, 1.807) is 30.2 Å². The lowest BCUT2D eigenvalue weighted by Gasteiger charge is -2.33. The predicted molar refractivity (Wildman–Crippen MR) is 162 cm³/mol. The summed E-state index contributed by atoms with van der Waals surface area (Å²) in [6.45, 7) is 1.37. The fraction of sp³-hybridized carbons (Fsp3) is 0.290. The second kappa shape index (κ2) is 11.4. The van der Waals surface area contributed by atoms with Crippen molar-refractivity contribution in [3.05, 3.63) is 78.4 Å². The Morgan fingerprint density at radius 3 is 2.66 bits per heavy atom. The van der Waals surface area contributed by atoms with Gasteiger partial charge in [-0.05, 0) is 55.2 Å². The molecule has 6 rings (SSSR count). The summed E-state index contributed by atoms with van der Waals surface area (Å²) in [4.78, 5) is 29.5. The number of methoxy groups -OCH3 is 1. The van der Waals surface area contributed by atoms with Gasteiger partial charge < -0.3 is 15.0 Å². The average Bonchev–Trinajstić information content (AvgIpc) is 3.60. The molecule has 3 aromatic carbocycles. The zero-order valence-electron chi connectivity index (χ0n) is 22.7. The van der Waals surface area contributed by atoms with Crippen molar-refractivity contribution in [1.29, 1.82) is 0 Å². The van der Waals surface area contributed by atoms with Crippen LogP contribution in [0.15, 0.2) is 77.0 Å². The molecule has 10 heteroatoms. The molecule has 0 bridgehead atoms. The van der Waals surface area contributed by atoms with E-state index in [1.165, 1.54) is 15.6 Å². The number of carbonyl (C=O) groups is 2. The number of thiophene rings is 1. The summed E-state index contributed by atoms with van der Waals surface area (Å²) < 4.78 is 34.3. The Morgan fingerprint density at radius 1 is 1.02 bits per heavy atom. The molecule has 0 aliphatic carbocycles. The highest BCUT2D eigenvalue weighted by atomic mass is 32.2. The van der Waals surface area contributed by atoms with Gasteiger partial charge in [-0.2, -0.15) is 4.31 Å². The van der Waals surface area contributed by atoms with Crippen molar-refractivity contribution >= 4 is 55.3 Å². The Kier molecular flexibility index (Phi) is 7.65. The fourth-order valence-electron chi connectivity index (χ4n) is 5.75. The van der Waals surface area contributed by atoms with E-state index in [4.69, 9.17) is 4.74 Å². The number of anilines is 2. The molecule has 41 heavy (non-hydrogen) atoms. The minimum atomic E-state index is -3.88. The van der Waals surface area contributed by atoms with E-state index in [9.17, 15) is 18.0 Å². The maximum atomic E-state index is 13.8.